The predicted molar refractivity (Wildman–Crippen MR) is 110 cm³/mol. The summed E-state index contributed by atoms with van der Waals surface area (Å²) in [5, 5.41) is 2.30. The maximum Gasteiger partial charge on any atom is 0.259 e. The summed E-state index contributed by atoms with van der Waals surface area (Å²) >= 11 is 0. The normalized spacial score (nSPS) is 17.5. The van der Waals surface area contributed by atoms with E-state index in [1.54, 1.807) is 39.0 Å². The van der Waals surface area contributed by atoms with Crippen molar-refractivity contribution in [3.05, 3.63) is 47.5 Å². The highest BCUT2D eigenvalue weighted by Crippen LogP contribution is 2.34. The summed E-state index contributed by atoms with van der Waals surface area (Å²) in [5.41, 5.74) is 1.38. The number of sulfonamides is 1. The van der Waals surface area contributed by atoms with E-state index >= 15 is 0 Å². The molecule has 0 radical (unpaired) electrons. The highest BCUT2D eigenvalue weighted by Gasteiger charge is 2.38. The SMILES string of the molecule is COc1ccccc1NC(=O)c1cnc([C@@H]2CCCN2S(=O)(=O)C(C)C)nc1C. The molecular weight excluding hydrogens is 392 g/mol. The number of methoxy groups -OCH3 is 1. The lowest BCUT2D eigenvalue weighted by molar-refractivity contribution is 0.102. The van der Waals surface area contributed by atoms with E-state index < -0.39 is 21.3 Å². The molecule has 1 fully saturated rings. The van der Waals surface area contributed by atoms with Gasteiger partial charge in [0.25, 0.3) is 5.91 Å². The molecule has 0 spiro atoms. The van der Waals surface area contributed by atoms with Crippen LogP contribution < -0.4 is 10.1 Å². The van der Waals surface area contributed by atoms with Crippen molar-refractivity contribution >= 4 is 21.6 Å². The Morgan fingerprint density at radius 1 is 1.31 bits per heavy atom. The number of rotatable bonds is 6. The zero-order chi connectivity index (χ0) is 21.2. The van der Waals surface area contributed by atoms with Gasteiger partial charge in [0.2, 0.25) is 10.0 Å². The van der Waals surface area contributed by atoms with Gasteiger partial charge < -0.3 is 10.1 Å². The van der Waals surface area contributed by atoms with Gasteiger partial charge in [-0.15, -0.1) is 0 Å². The van der Waals surface area contributed by atoms with Crippen LogP contribution in [0.5, 0.6) is 5.75 Å². The number of hydrogen-bond acceptors (Lipinski definition) is 6. The summed E-state index contributed by atoms with van der Waals surface area (Å²) < 4.78 is 32.0. The quantitative estimate of drug-likeness (QED) is 0.774. The lowest BCUT2D eigenvalue weighted by atomic mass is 10.1. The first kappa shape index (κ1) is 21.2. The van der Waals surface area contributed by atoms with Crippen LogP contribution in [0.4, 0.5) is 5.69 Å². The number of para-hydroxylation sites is 2. The average Bonchev–Trinajstić information content (AvgIpc) is 3.18. The second-order valence-corrected chi connectivity index (χ2v) is 9.69. The molecule has 1 aliphatic heterocycles. The van der Waals surface area contributed by atoms with Gasteiger partial charge in [0.1, 0.15) is 11.6 Å². The number of nitrogens with one attached hydrogen (secondary N) is 1. The smallest absolute Gasteiger partial charge is 0.259 e. The Hall–Kier alpha value is -2.52. The van der Waals surface area contributed by atoms with Crippen LogP contribution in [-0.4, -0.2) is 47.5 Å². The summed E-state index contributed by atoms with van der Waals surface area (Å²) in [6.45, 7) is 5.52. The summed E-state index contributed by atoms with van der Waals surface area (Å²) in [5.74, 6) is 0.631. The molecule has 29 heavy (non-hydrogen) atoms. The van der Waals surface area contributed by atoms with Crippen LogP contribution in [0.1, 0.15) is 54.6 Å². The van der Waals surface area contributed by atoms with Gasteiger partial charge in [-0.2, -0.15) is 4.31 Å². The summed E-state index contributed by atoms with van der Waals surface area (Å²) in [4.78, 5) is 21.5. The average molecular weight is 419 g/mol. The largest absolute Gasteiger partial charge is 0.495 e. The number of carbonyl (C=O) groups excluding carboxylic acids is 1. The first-order chi connectivity index (χ1) is 13.8. The topological polar surface area (TPSA) is 101 Å². The van der Waals surface area contributed by atoms with Crippen molar-refractivity contribution in [2.75, 3.05) is 19.0 Å². The van der Waals surface area contributed by atoms with Crippen molar-refractivity contribution < 1.29 is 17.9 Å². The van der Waals surface area contributed by atoms with E-state index in [9.17, 15) is 13.2 Å². The summed E-state index contributed by atoms with van der Waals surface area (Å²) in [6, 6.07) is 6.72. The third-order valence-corrected chi connectivity index (χ3v) is 7.30. The second-order valence-electron chi connectivity index (χ2n) is 7.24. The van der Waals surface area contributed by atoms with Crippen molar-refractivity contribution in [2.45, 2.75) is 44.9 Å². The molecule has 0 bridgehead atoms. The molecule has 1 aromatic carbocycles. The van der Waals surface area contributed by atoms with E-state index in [0.717, 1.165) is 6.42 Å². The van der Waals surface area contributed by atoms with Crippen molar-refractivity contribution in [1.29, 1.82) is 0 Å². The molecular formula is C20H26N4O4S. The number of benzene rings is 1. The van der Waals surface area contributed by atoms with E-state index in [-0.39, 0.29) is 5.91 Å². The molecule has 156 valence electrons. The Balaban J connectivity index is 1.84. The predicted octanol–water partition coefficient (Wildman–Crippen LogP) is 2.92. The molecule has 0 saturated carbocycles. The lowest BCUT2D eigenvalue weighted by Gasteiger charge is -2.25. The van der Waals surface area contributed by atoms with E-state index in [0.29, 0.717) is 41.5 Å². The van der Waals surface area contributed by atoms with Crippen LogP contribution >= 0.6 is 0 Å². The molecule has 1 aromatic heterocycles. The molecule has 0 unspecified atom stereocenters. The Morgan fingerprint density at radius 3 is 2.69 bits per heavy atom. The van der Waals surface area contributed by atoms with Crippen LogP contribution in [0.3, 0.4) is 0 Å². The number of carbonyl (C=O) groups is 1. The summed E-state index contributed by atoms with van der Waals surface area (Å²) in [7, 11) is -1.87. The van der Waals surface area contributed by atoms with E-state index in [2.05, 4.69) is 15.3 Å². The Morgan fingerprint density at radius 2 is 2.03 bits per heavy atom. The maximum absolute atomic E-state index is 12.7. The number of anilines is 1. The Bertz CT molecular complexity index is 1010. The molecule has 1 N–H and O–H groups in total. The minimum atomic E-state index is -3.40. The number of aryl methyl sites for hydroxylation is 1. The molecule has 0 aliphatic carbocycles. The van der Waals surface area contributed by atoms with Crippen molar-refractivity contribution in [3.63, 3.8) is 0 Å². The van der Waals surface area contributed by atoms with Crippen LogP contribution in [0.2, 0.25) is 0 Å². The van der Waals surface area contributed by atoms with Gasteiger partial charge in [0.15, 0.2) is 0 Å². The standard InChI is InChI=1S/C20H26N4O4S/c1-13(2)29(26,27)24-11-7-9-17(24)19-21-12-15(14(3)22-19)20(25)23-16-8-5-6-10-18(16)28-4/h5-6,8,10,12-13,17H,7,9,11H2,1-4H3,(H,23,25)/t17-/m0/s1. The van der Waals surface area contributed by atoms with Gasteiger partial charge in [0, 0.05) is 12.7 Å². The van der Waals surface area contributed by atoms with E-state index in [1.807, 2.05) is 6.07 Å². The Kier molecular flexibility index (Phi) is 6.18. The number of aromatic nitrogens is 2. The van der Waals surface area contributed by atoms with Gasteiger partial charge in [-0.25, -0.2) is 18.4 Å². The zero-order valence-electron chi connectivity index (χ0n) is 17.0. The van der Waals surface area contributed by atoms with Crippen LogP contribution in [-0.2, 0) is 10.0 Å². The maximum atomic E-state index is 12.7. The molecule has 9 heteroatoms. The van der Waals surface area contributed by atoms with Gasteiger partial charge in [-0.05, 0) is 45.7 Å². The third kappa shape index (κ3) is 4.25. The number of nitrogens with zero attached hydrogens (tertiary/aromatic N) is 3. The van der Waals surface area contributed by atoms with Crippen LogP contribution in [0, 0.1) is 6.92 Å². The van der Waals surface area contributed by atoms with Crippen LogP contribution in [0.15, 0.2) is 30.5 Å². The zero-order valence-corrected chi connectivity index (χ0v) is 17.9. The molecule has 1 atom stereocenters. The van der Waals surface area contributed by atoms with Gasteiger partial charge in [0.05, 0.1) is 35.3 Å². The Labute approximate surface area is 171 Å². The van der Waals surface area contributed by atoms with Gasteiger partial charge in [-0.1, -0.05) is 12.1 Å². The fourth-order valence-electron chi connectivity index (χ4n) is 3.38. The van der Waals surface area contributed by atoms with Crippen molar-refractivity contribution in [2.24, 2.45) is 0 Å². The number of hydrogen-bond donors (Lipinski definition) is 1. The molecule has 3 rings (SSSR count). The molecule has 2 aromatic rings. The minimum absolute atomic E-state index is 0.330. The fourth-order valence-corrected chi connectivity index (χ4v) is 4.86. The van der Waals surface area contributed by atoms with E-state index in [4.69, 9.17) is 4.74 Å². The molecule has 8 nitrogen and oxygen atoms in total. The number of amides is 1. The molecule has 2 heterocycles. The second kappa shape index (κ2) is 8.46. The fraction of sp³-hybridized carbons (Fsp3) is 0.450. The third-order valence-electron chi connectivity index (χ3n) is 5.02. The molecule has 1 amide bonds. The number of ether oxygens (including phenoxy) is 1. The summed E-state index contributed by atoms with van der Waals surface area (Å²) in [6.07, 6.45) is 2.88. The highest BCUT2D eigenvalue weighted by molar-refractivity contribution is 7.89. The van der Waals surface area contributed by atoms with Crippen molar-refractivity contribution in [1.82, 2.24) is 14.3 Å². The van der Waals surface area contributed by atoms with Crippen LogP contribution in [0.25, 0.3) is 0 Å². The van der Waals surface area contributed by atoms with Gasteiger partial charge in [-0.3, -0.25) is 4.79 Å². The van der Waals surface area contributed by atoms with Gasteiger partial charge >= 0.3 is 0 Å². The first-order valence-electron chi connectivity index (χ1n) is 9.54. The first-order valence-corrected chi connectivity index (χ1v) is 11.0. The lowest BCUT2D eigenvalue weighted by Crippen LogP contribution is -2.36. The highest BCUT2D eigenvalue weighted by atomic mass is 32.2. The van der Waals surface area contributed by atoms with E-state index in [1.165, 1.54) is 17.6 Å². The minimum Gasteiger partial charge on any atom is -0.495 e. The molecule has 1 saturated heterocycles. The van der Waals surface area contributed by atoms with Crippen molar-refractivity contribution in [3.8, 4) is 5.75 Å². The molecule has 1 aliphatic rings. The monoisotopic (exact) mass is 418 g/mol.